The van der Waals surface area contributed by atoms with Gasteiger partial charge in [-0.2, -0.15) is 4.98 Å². The number of ether oxygens (including phenoxy) is 2. The van der Waals surface area contributed by atoms with E-state index in [2.05, 4.69) is 15.5 Å². The Labute approximate surface area is 198 Å². The van der Waals surface area contributed by atoms with Crippen LogP contribution in [0.25, 0.3) is 0 Å². The van der Waals surface area contributed by atoms with Crippen molar-refractivity contribution in [3.8, 4) is 11.5 Å². The molecule has 34 heavy (non-hydrogen) atoms. The zero-order valence-corrected chi connectivity index (χ0v) is 19.6. The van der Waals surface area contributed by atoms with E-state index < -0.39 is 18.0 Å². The number of hydrogen-bond donors (Lipinski definition) is 1. The molecule has 178 valence electrons. The van der Waals surface area contributed by atoms with Crippen LogP contribution in [0, 0.1) is 12.8 Å². The molecule has 3 atom stereocenters. The van der Waals surface area contributed by atoms with Gasteiger partial charge in [0.05, 0.1) is 26.2 Å². The number of hydrogen-bond acceptors (Lipinski definition) is 7. The summed E-state index contributed by atoms with van der Waals surface area (Å²) in [6.07, 6.45) is 0.638. The molecule has 9 nitrogen and oxygen atoms in total. The topological polar surface area (TPSA) is 107 Å². The molecule has 1 aliphatic rings. The van der Waals surface area contributed by atoms with E-state index in [4.69, 9.17) is 14.0 Å². The molecule has 0 aliphatic carbocycles. The van der Waals surface area contributed by atoms with E-state index in [1.807, 2.05) is 36.4 Å². The van der Waals surface area contributed by atoms with E-state index in [1.165, 1.54) is 0 Å². The molecule has 1 fully saturated rings. The summed E-state index contributed by atoms with van der Waals surface area (Å²) in [6, 6.07) is 13.7. The van der Waals surface area contributed by atoms with E-state index in [0.29, 0.717) is 35.3 Å². The van der Waals surface area contributed by atoms with Crippen molar-refractivity contribution in [3.05, 3.63) is 65.8 Å². The summed E-state index contributed by atoms with van der Waals surface area (Å²) in [6.45, 7) is 3.51. The van der Waals surface area contributed by atoms with Crippen molar-refractivity contribution in [3.63, 3.8) is 0 Å². The van der Waals surface area contributed by atoms with Crippen molar-refractivity contribution >= 4 is 17.5 Å². The van der Waals surface area contributed by atoms with Crippen LogP contribution < -0.4 is 19.7 Å². The molecule has 2 heterocycles. The highest BCUT2D eigenvalue weighted by Crippen LogP contribution is 2.43. The van der Waals surface area contributed by atoms with Gasteiger partial charge < -0.3 is 24.2 Å². The Balaban J connectivity index is 1.73. The second-order valence-electron chi connectivity index (χ2n) is 8.20. The van der Waals surface area contributed by atoms with Crippen LogP contribution >= 0.6 is 0 Å². The van der Waals surface area contributed by atoms with E-state index in [-0.39, 0.29) is 18.2 Å². The fourth-order valence-corrected chi connectivity index (χ4v) is 4.35. The maximum atomic E-state index is 13.6. The van der Waals surface area contributed by atoms with Gasteiger partial charge in [0, 0.05) is 17.7 Å². The molecule has 3 aromatic rings. The monoisotopic (exact) mass is 464 g/mol. The molecule has 2 amide bonds. The summed E-state index contributed by atoms with van der Waals surface area (Å²) >= 11 is 0. The molecule has 1 N–H and O–H groups in total. The molecule has 0 bridgehead atoms. The number of aromatic nitrogens is 2. The highest BCUT2D eigenvalue weighted by molar-refractivity contribution is 5.97. The Hall–Kier alpha value is -3.88. The van der Waals surface area contributed by atoms with Gasteiger partial charge in [0.1, 0.15) is 17.5 Å². The Morgan fingerprint density at radius 2 is 1.88 bits per heavy atom. The van der Waals surface area contributed by atoms with Gasteiger partial charge in [-0.05, 0) is 50.6 Å². The number of para-hydroxylation sites is 1. The van der Waals surface area contributed by atoms with E-state index in [9.17, 15) is 9.59 Å². The molecule has 1 aromatic heterocycles. The van der Waals surface area contributed by atoms with Gasteiger partial charge in [-0.15, -0.1) is 0 Å². The fraction of sp³-hybridized carbons (Fsp3) is 0.360. The molecule has 4 rings (SSSR count). The third-order valence-corrected chi connectivity index (χ3v) is 6.01. The third-order valence-electron chi connectivity index (χ3n) is 6.01. The van der Waals surface area contributed by atoms with Crippen LogP contribution in [0.2, 0.25) is 0 Å². The van der Waals surface area contributed by atoms with Crippen LogP contribution in [0.4, 0.5) is 5.69 Å². The van der Waals surface area contributed by atoms with Gasteiger partial charge in [-0.1, -0.05) is 23.4 Å². The van der Waals surface area contributed by atoms with Crippen molar-refractivity contribution in [1.29, 1.82) is 0 Å². The summed E-state index contributed by atoms with van der Waals surface area (Å²) in [5, 5.41) is 6.79. The smallest absolute Gasteiger partial charge is 0.248 e. The maximum absolute atomic E-state index is 13.6. The Kier molecular flexibility index (Phi) is 6.81. The highest BCUT2D eigenvalue weighted by Gasteiger charge is 2.43. The van der Waals surface area contributed by atoms with Crippen LogP contribution in [0.15, 0.2) is 53.1 Å². The number of aryl methyl sites for hydroxylation is 1. The van der Waals surface area contributed by atoms with Crippen molar-refractivity contribution in [2.75, 3.05) is 19.1 Å². The summed E-state index contributed by atoms with van der Waals surface area (Å²) in [5.74, 6) is 1.33. The molecule has 3 unspecified atom stereocenters. The molecule has 1 saturated heterocycles. The molecular formula is C25H28N4O5. The standard InChI is InChI=1S/C25H28N4O5/c1-15(25-27-16(2)28-34-25)26-24(31)20-13-14-22(30)29(17-9-11-18(32-3)12-10-17)23(20)19-7-5-6-8-21(19)33-4/h5-12,15,20,23H,13-14H2,1-4H3,(H,26,31). The second kappa shape index (κ2) is 9.94. The summed E-state index contributed by atoms with van der Waals surface area (Å²) in [7, 11) is 3.17. The van der Waals surface area contributed by atoms with Crippen LogP contribution in [-0.2, 0) is 9.59 Å². The zero-order chi connectivity index (χ0) is 24.2. The quantitative estimate of drug-likeness (QED) is 0.567. The lowest BCUT2D eigenvalue weighted by atomic mass is 9.82. The van der Waals surface area contributed by atoms with Crippen molar-refractivity contribution in [2.45, 2.75) is 38.8 Å². The number of amides is 2. The number of methoxy groups -OCH3 is 2. The molecule has 0 radical (unpaired) electrons. The van der Waals surface area contributed by atoms with Crippen molar-refractivity contribution in [1.82, 2.24) is 15.5 Å². The van der Waals surface area contributed by atoms with Gasteiger partial charge in [-0.3, -0.25) is 9.59 Å². The SMILES string of the molecule is COc1ccc(N2C(=O)CCC(C(=O)NC(C)c3nc(C)no3)C2c2ccccc2OC)cc1. The lowest BCUT2D eigenvalue weighted by Crippen LogP contribution is -2.48. The summed E-state index contributed by atoms with van der Waals surface area (Å²) in [5.41, 5.74) is 1.44. The Bertz CT molecular complexity index is 1160. The summed E-state index contributed by atoms with van der Waals surface area (Å²) < 4.78 is 16.1. The lowest BCUT2D eigenvalue weighted by Gasteiger charge is -2.41. The second-order valence-corrected chi connectivity index (χ2v) is 8.20. The Morgan fingerprint density at radius 3 is 2.53 bits per heavy atom. The van der Waals surface area contributed by atoms with Gasteiger partial charge >= 0.3 is 0 Å². The number of rotatable bonds is 7. The van der Waals surface area contributed by atoms with E-state index in [1.54, 1.807) is 45.1 Å². The molecule has 9 heteroatoms. The van der Waals surface area contributed by atoms with E-state index >= 15 is 0 Å². The van der Waals surface area contributed by atoms with Crippen LogP contribution in [-0.4, -0.2) is 36.2 Å². The minimum absolute atomic E-state index is 0.0642. The van der Waals surface area contributed by atoms with Gasteiger partial charge in [0.2, 0.25) is 17.7 Å². The average molecular weight is 465 g/mol. The number of anilines is 1. The maximum Gasteiger partial charge on any atom is 0.248 e. The van der Waals surface area contributed by atoms with Crippen molar-refractivity contribution in [2.24, 2.45) is 5.92 Å². The molecule has 0 saturated carbocycles. The fourth-order valence-electron chi connectivity index (χ4n) is 4.35. The van der Waals surface area contributed by atoms with Gasteiger partial charge in [0.25, 0.3) is 0 Å². The summed E-state index contributed by atoms with van der Waals surface area (Å²) in [4.78, 5) is 32.7. The van der Waals surface area contributed by atoms with Gasteiger partial charge in [0.15, 0.2) is 5.82 Å². The van der Waals surface area contributed by atoms with E-state index in [0.717, 1.165) is 5.56 Å². The molecule has 0 spiro atoms. The van der Waals surface area contributed by atoms with Gasteiger partial charge in [-0.25, -0.2) is 0 Å². The molecule has 1 aliphatic heterocycles. The number of nitrogens with one attached hydrogen (secondary N) is 1. The predicted molar refractivity (Wildman–Crippen MR) is 125 cm³/mol. The first-order valence-electron chi connectivity index (χ1n) is 11.1. The van der Waals surface area contributed by atoms with Crippen LogP contribution in [0.3, 0.4) is 0 Å². The number of piperidine rings is 1. The normalized spacial score (nSPS) is 18.9. The number of nitrogens with zero attached hydrogens (tertiary/aromatic N) is 3. The van der Waals surface area contributed by atoms with Crippen LogP contribution in [0.1, 0.15) is 49.1 Å². The zero-order valence-electron chi connectivity index (χ0n) is 19.6. The predicted octanol–water partition coefficient (Wildman–Crippen LogP) is 3.76. The Morgan fingerprint density at radius 1 is 1.15 bits per heavy atom. The largest absolute Gasteiger partial charge is 0.497 e. The lowest BCUT2D eigenvalue weighted by molar-refractivity contribution is -0.130. The first-order chi connectivity index (χ1) is 16.4. The first-order valence-corrected chi connectivity index (χ1v) is 11.1. The number of carbonyl (C=O) groups excluding carboxylic acids is 2. The highest BCUT2D eigenvalue weighted by atomic mass is 16.5. The number of carbonyl (C=O) groups is 2. The minimum atomic E-state index is -0.567. The molecular weight excluding hydrogens is 436 g/mol. The average Bonchev–Trinajstić information content (AvgIpc) is 3.30. The third kappa shape index (κ3) is 4.59. The minimum Gasteiger partial charge on any atom is -0.497 e. The van der Waals surface area contributed by atoms with Crippen molar-refractivity contribution < 1.29 is 23.6 Å². The number of benzene rings is 2. The first kappa shape index (κ1) is 23.3. The molecule has 2 aromatic carbocycles. The van der Waals surface area contributed by atoms with Crippen LogP contribution in [0.5, 0.6) is 11.5 Å².